The van der Waals surface area contributed by atoms with Gasteiger partial charge in [-0.1, -0.05) is 42.5 Å². The van der Waals surface area contributed by atoms with Crippen molar-refractivity contribution in [2.24, 2.45) is 17.3 Å². The van der Waals surface area contributed by atoms with E-state index >= 15 is 0 Å². The van der Waals surface area contributed by atoms with Gasteiger partial charge in [-0.15, -0.1) is 11.6 Å². The average Bonchev–Trinajstić information content (AvgIpc) is 2.77. The normalized spacial score (nSPS) is 30.0. The minimum absolute atomic E-state index is 0.168. The van der Waals surface area contributed by atoms with Gasteiger partial charge >= 0.3 is 0 Å². The van der Waals surface area contributed by atoms with Crippen molar-refractivity contribution in [3.63, 3.8) is 0 Å². The fourth-order valence-corrected chi connectivity index (χ4v) is 7.82. The molecule has 6 heteroatoms. The highest BCUT2D eigenvalue weighted by Gasteiger charge is 2.60. The molecule has 1 amide bonds. The first-order valence-corrected chi connectivity index (χ1v) is 12.3. The van der Waals surface area contributed by atoms with E-state index in [1.165, 1.54) is 6.42 Å². The maximum Gasteiger partial charge on any atom is 0.258 e. The van der Waals surface area contributed by atoms with Crippen molar-refractivity contribution >= 4 is 28.4 Å². The Bertz CT molecular complexity index is 1260. The van der Waals surface area contributed by atoms with Gasteiger partial charge in [0.15, 0.2) is 0 Å². The van der Waals surface area contributed by atoms with Gasteiger partial charge in [0.2, 0.25) is 5.91 Å². The van der Waals surface area contributed by atoms with Gasteiger partial charge in [-0.05, 0) is 68.1 Å². The molecule has 4 saturated carbocycles. The number of carbonyl (C=O) groups is 1. The second-order valence-corrected chi connectivity index (χ2v) is 11.4. The Morgan fingerprint density at radius 1 is 1.00 bits per heavy atom. The number of carbonyl (C=O) groups excluding carboxylic acids is 1. The predicted octanol–water partition coefficient (Wildman–Crippen LogP) is 5.03. The van der Waals surface area contributed by atoms with Gasteiger partial charge in [0.05, 0.1) is 22.9 Å². The first kappa shape index (κ1) is 20.9. The maximum atomic E-state index is 14.2. The number of aromatic nitrogens is 2. The molecule has 5 nitrogen and oxygen atoms in total. The van der Waals surface area contributed by atoms with Crippen molar-refractivity contribution in [1.82, 2.24) is 14.9 Å². The zero-order valence-electron chi connectivity index (χ0n) is 18.6. The van der Waals surface area contributed by atoms with Crippen molar-refractivity contribution in [2.45, 2.75) is 56.5 Å². The monoisotopic (exact) mass is 461 g/mol. The molecule has 2 aromatic carbocycles. The molecule has 2 unspecified atom stereocenters. The predicted molar refractivity (Wildman–Crippen MR) is 129 cm³/mol. The lowest BCUT2D eigenvalue weighted by atomic mass is 9.49. The van der Waals surface area contributed by atoms with E-state index in [1.54, 1.807) is 6.07 Å². The van der Waals surface area contributed by atoms with Crippen LogP contribution in [0.25, 0.3) is 10.9 Å². The Balaban J connectivity index is 1.36. The number of aromatic amines is 1. The number of H-pyrrole nitrogens is 1. The summed E-state index contributed by atoms with van der Waals surface area (Å²) in [5.74, 6) is 1.78. The van der Waals surface area contributed by atoms with Crippen LogP contribution in [0, 0.1) is 17.3 Å². The molecule has 1 heterocycles. The van der Waals surface area contributed by atoms with E-state index in [2.05, 4.69) is 9.97 Å². The molecule has 3 aromatic rings. The van der Waals surface area contributed by atoms with Crippen LogP contribution in [0.3, 0.4) is 0 Å². The molecule has 2 atom stereocenters. The second kappa shape index (κ2) is 7.69. The van der Waals surface area contributed by atoms with Gasteiger partial charge in [0.25, 0.3) is 5.56 Å². The number of rotatable bonds is 5. The van der Waals surface area contributed by atoms with E-state index in [4.69, 9.17) is 11.6 Å². The molecule has 0 spiro atoms. The molecule has 4 bridgehead atoms. The Hall–Kier alpha value is -2.66. The SMILES string of the molecule is O=C(N(Cc1ccccc1)Cc1nc2ccccc2c(=O)[nH]1)C12CC3CC(CC(Cl)(C3)C1)C2. The number of nitrogens with one attached hydrogen (secondary N) is 1. The van der Waals surface area contributed by atoms with Crippen LogP contribution in [-0.4, -0.2) is 25.6 Å². The van der Waals surface area contributed by atoms with E-state index in [9.17, 15) is 9.59 Å². The van der Waals surface area contributed by atoms with E-state index in [-0.39, 0.29) is 22.9 Å². The third-order valence-corrected chi connectivity index (χ3v) is 8.39. The maximum absolute atomic E-state index is 14.2. The van der Waals surface area contributed by atoms with Crippen LogP contribution >= 0.6 is 11.6 Å². The van der Waals surface area contributed by atoms with Crippen LogP contribution in [0.5, 0.6) is 0 Å². The van der Waals surface area contributed by atoms with Crippen LogP contribution < -0.4 is 5.56 Å². The van der Waals surface area contributed by atoms with Gasteiger partial charge < -0.3 is 9.88 Å². The number of fused-ring (bicyclic) bond motifs is 1. The molecule has 0 aliphatic heterocycles. The number of halogens is 1. The fourth-order valence-electron chi connectivity index (χ4n) is 7.13. The van der Waals surface area contributed by atoms with Crippen LogP contribution in [0.2, 0.25) is 0 Å². The molecule has 7 rings (SSSR count). The van der Waals surface area contributed by atoms with Crippen molar-refractivity contribution in [1.29, 1.82) is 0 Å². The molecular weight excluding hydrogens is 434 g/mol. The summed E-state index contributed by atoms with van der Waals surface area (Å²) in [5, 5.41) is 0.562. The zero-order chi connectivity index (χ0) is 22.6. The minimum atomic E-state index is -0.391. The van der Waals surface area contributed by atoms with Crippen molar-refractivity contribution in [3.8, 4) is 0 Å². The van der Waals surface area contributed by atoms with E-state index in [0.29, 0.717) is 35.1 Å². The lowest BCUT2D eigenvalue weighted by molar-refractivity contribution is -0.157. The van der Waals surface area contributed by atoms with Gasteiger partial charge in [-0.25, -0.2) is 4.98 Å². The van der Waals surface area contributed by atoms with Gasteiger partial charge in [-0.3, -0.25) is 9.59 Å². The summed E-state index contributed by atoms with van der Waals surface area (Å²) in [5.41, 5.74) is 1.16. The fraction of sp³-hybridized carbons (Fsp3) is 0.444. The Morgan fingerprint density at radius 2 is 1.70 bits per heavy atom. The van der Waals surface area contributed by atoms with E-state index in [1.807, 2.05) is 53.4 Å². The largest absolute Gasteiger partial charge is 0.330 e. The molecular formula is C27H28ClN3O2. The highest BCUT2D eigenvalue weighted by Crippen LogP contribution is 2.64. The molecule has 4 aliphatic rings. The average molecular weight is 462 g/mol. The molecule has 33 heavy (non-hydrogen) atoms. The minimum Gasteiger partial charge on any atom is -0.330 e. The van der Waals surface area contributed by atoms with E-state index < -0.39 is 5.41 Å². The molecule has 4 fully saturated rings. The lowest BCUT2D eigenvalue weighted by Gasteiger charge is -2.59. The summed E-state index contributed by atoms with van der Waals surface area (Å²) >= 11 is 7.05. The van der Waals surface area contributed by atoms with Gasteiger partial charge in [0, 0.05) is 11.4 Å². The molecule has 1 aromatic heterocycles. The first-order valence-electron chi connectivity index (χ1n) is 11.9. The van der Waals surface area contributed by atoms with Crippen molar-refractivity contribution in [3.05, 3.63) is 76.3 Å². The van der Waals surface area contributed by atoms with Crippen LogP contribution in [-0.2, 0) is 17.9 Å². The number of nitrogens with zero attached hydrogens (tertiary/aromatic N) is 2. The number of alkyl halides is 1. The number of hydrogen-bond donors (Lipinski definition) is 1. The summed E-state index contributed by atoms with van der Waals surface area (Å²) in [7, 11) is 0. The molecule has 4 aliphatic carbocycles. The molecule has 0 radical (unpaired) electrons. The summed E-state index contributed by atoms with van der Waals surface area (Å²) in [6.07, 6.45) is 5.92. The highest BCUT2D eigenvalue weighted by atomic mass is 35.5. The zero-order valence-corrected chi connectivity index (χ0v) is 19.4. The molecule has 1 N–H and O–H groups in total. The Morgan fingerprint density at radius 3 is 2.42 bits per heavy atom. The third kappa shape index (κ3) is 3.76. The number of hydrogen-bond acceptors (Lipinski definition) is 3. The summed E-state index contributed by atoms with van der Waals surface area (Å²) in [6.45, 7) is 0.767. The Labute approximate surface area is 198 Å². The third-order valence-electron chi connectivity index (χ3n) is 7.95. The number of benzene rings is 2. The van der Waals surface area contributed by atoms with Crippen molar-refractivity contribution in [2.75, 3.05) is 0 Å². The van der Waals surface area contributed by atoms with E-state index in [0.717, 1.165) is 37.7 Å². The van der Waals surface area contributed by atoms with Crippen molar-refractivity contribution < 1.29 is 4.79 Å². The van der Waals surface area contributed by atoms with Crippen LogP contribution in [0.4, 0.5) is 0 Å². The summed E-state index contributed by atoms with van der Waals surface area (Å²) in [4.78, 5) is 36.2. The molecule has 0 saturated heterocycles. The van der Waals surface area contributed by atoms with Gasteiger partial charge in [-0.2, -0.15) is 0 Å². The number of para-hydroxylation sites is 1. The summed E-state index contributed by atoms with van der Waals surface area (Å²) in [6, 6.07) is 17.4. The van der Waals surface area contributed by atoms with Crippen LogP contribution in [0.15, 0.2) is 59.4 Å². The first-order chi connectivity index (χ1) is 15.9. The lowest BCUT2D eigenvalue weighted by Crippen LogP contribution is -2.58. The Kier molecular flexibility index (Phi) is 4.88. The van der Waals surface area contributed by atoms with Crippen LogP contribution in [0.1, 0.15) is 49.9 Å². The molecule has 170 valence electrons. The second-order valence-electron chi connectivity index (χ2n) is 10.6. The number of amides is 1. The topological polar surface area (TPSA) is 66.1 Å². The smallest absolute Gasteiger partial charge is 0.258 e. The summed E-state index contributed by atoms with van der Waals surface area (Å²) < 4.78 is 0. The quantitative estimate of drug-likeness (QED) is 0.542. The highest BCUT2D eigenvalue weighted by molar-refractivity contribution is 6.24. The standard InChI is InChI=1S/C27H28ClN3O2/c28-27-13-19-10-20(14-27)12-26(11-19,17-27)25(33)31(15-18-6-2-1-3-7-18)16-23-29-22-9-5-4-8-21(22)24(32)30-23/h1-9,19-20H,10-17H2,(H,29,30,32). The van der Waals surface area contributed by atoms with Gasteiger partial charge in [0.1, 0.15) is 5.82 Å².